The van der Waals surface area contributed by atoms with E-state index in [0.29, 0.717) is 29.7 Å². The molecule has 0 unspecified atom stereocenters. The van der Waals surface area contributed by atoms with Gasteiger partial charge in [-0.1, -0.05) is 12.1 Å². The van der Waals surface area contributed by atoms with Gasteiger partial charge in [-0.2, -0.15) is 0 Å². The van der Waals surface area contributed by atoms with E-state index in [9.17, 15) is 13.6 Å². The summed E-state index contributed by atoms with van der Waals surface area (Å²) in [6.07, 6.45) is 0.667. The highest BCUT2D eigenvalue weighted by molar-refractivity contribution is 5.71. The first-order valence-corrected chi connectivity index (χ1v) is 11.2. The van der Waals surface area contributed by atoms with E-state index in [-0.39, 0.29) is 24.3 Å². The molecular weight excluding hydrogens is 438 g/mol. The molecule has 0 aliphatic carbocycles. The molecule has 3 rings (SSSR count). The average molecular weight is 469 g/mol. The monoisotopic (exact) mass is 468 g/mol. The minimum Gasteiger partial charge on any atom is -0.496 e. The molecule has 34 heavy (non-hydrogen) atoms. The number of aryl methyl sites for hydroxylation is 2. The van der Waals surface area contributed by atoms with Gasteiger partial charge in [-0.15, -0.1) is 0 Å². The lowest BCUT2D eigenvalue weighted by Crippen LogP contribution is -2.19. The number of carbonyl (C=O) groups excluding carboxylic acids is 1. The van der Waals surface area contributed by atoms with Gasteiger partial charge in [0.1, 0.15) is 23.1 Å². The van der Waals surface area contributed by atoms with Gasteiger partial charge in [0.25, 0.3) is 0 Å². The maximum Gasteiger partial charge on any atom is 0.344 e. The number of ether oxygens (including phenoxy) is 3. The van der Waals surface area contributed by atoms with E-state index in [0.717, 1.165) is 28.0 Å². The summed E-state index contributed by atoms with van der Waals surface area (Å²) in [5.41, 5.74) is 4.58. The van der Waals surface area contributed by atoms with Crippen LogP contribution in [0.25, 0.3) is 11.1 Å². The van der Waals surface area contributed by atoms with Gasteiger partial charge < -0.3 is 14.2 Å². The number of carbonyl (C=O) groups is 1. The van der Waals surface area contributed by atoms with Crippen molar-refractivity contribution < 1.29 is 27.8 Å². The van der Waals surface area contributed by atoms with Crippen molar-refractivity contribution in [1.29, 1.82) is 0 Å². The Kier molecular flexibility index (Phi) is 8.26. The number of hydrogen-bond acceptors (Lipinski definition) is 4. The summed E-state index contributed by atoms with van der Waals surface area (Å²) in [5, 5.41) is 0. The summed E-state index contributed by atoms with van der Waals surface area (Å²) in [6, 6.07) is 13.2. The maximum absolute atomic E-state index is 14.7. The molecule has 0 saturated carbocycles. The van der Waals surface area contributed by atoms with Crippen LogP contribution in [0, 0.1) is 25.5 Å². The highest BCUT2D eigenvalue weighted by atomic mass is 19.1. The number of rotatable bonds is 9. The molecule has 0 spiro atoms. The van der Waals surface area contributed by atoms with Gasteiger partial charge in [0.2, 0.25) is 0 Å². The summed E-state index contributed by atoms with van der Waals surface area (Å²) < 4.78 is 44.8. The van der Waals surface area contributed by atoms with Crippen LogP contribution < -0.4 is 9.47 Å². The zero-order chi connectivity index (χ0) is 24.8. The molecule has 0 bridgehead atoms. The van der Waals surface area contributed by atoms with Crippen molar-refractivity contribution in [1.82, 2.24) is 0 Å². The van der Waals surface area contributed by atoms with Crippen LogP contribution in [-0.2, 0) is 22.4 Å². The molecule has 0 aromatic heterocycles. The Labute approximate surface area is 199 Å². The van der Waals surface area contributed by atoms with Crippen LogP contribution in [-0.4, -0.2) is 25.8 Å². The van der Waals surface area contributed by atoms with E-state index < -0.39 is 5.97 Å². The van der Waals surface area contributed by atoms with Crippen molar-refractivity contribution >= 4 is 5.97 Å². The van der Waals surface area contributed by atoms with Gasteiger partial charge >= 0.3 is 5.97 Å². The van der Waals surface area contributed by atoms with Crippen LogP contribution >= 0.6 is 0 Å². The molecule has 180 valence electrons. The smallest absolute Gasteiger partial charge is 0.344 e. The molecule has 0 aliphatic rings. The average Bonchev–Trinajstić information content (AvgIpc) is 2.77. The fourth-order valence-corrected chi connectivity index (χ4v) is 4.02. The lowest BCUT2D eigenvalue weighted by atomic mass is 9.94. The summed E-state index contributed by atoms with van der Waals surface area (Å²) >= 11 is 0. The quantitative estimate of drug-likeness (QED) is 0.342. The minimum absolute atomic E-state index is 0.234. The standard InChI is InChI=1S/C28H30F2O4/c1-17(2)34-27(31)16-33-26-12-11-25(30)24(19(26)4)10-9-21-14-22(13-18(3)28(21)32-5)20-7-6-8-23(29)15-20/h6-8,11-15,17H,9-10,16H2,1-5H3. The number of hydrogen-bond donors (Lipinski definition) is 0. The van der Waals surface area contributed by atoms with E-state index in [2.05, 4.69) is 0 Å². The first-order chi connectivity index (χ1) is 16.2. The normalized spacial score (nSPS) is 10.9. The fourth-order valence-electron chi connectivity index (χ4n) is 4.02. The fraction of sp³-hybridized carbons (Fsp3) is 0.321. The van der Waals surface area contributed by atoms with Gasteiger partial charge in [0.15, 0.2) is 6.61 Å². The summed E-state index contributed by atoms with van der Waals surface area (Å²) in [6.45, 7) is 6.98. The molecule has 0 heterocycles. The topological polar surface area (TPSA) is 44.8 Å². The Morgan fingerprint density at radius 3 is 2.41 bits per heavy atom. The predicted molar refractivity (Wildman–Crippen MR) is 128 cm³/mol. The van der Waals surface area contributed by atoms with Crippen LogP contribution in [0.4, 0.5) is 8.78 Å². The predicted octanol–water partition coefficient (Wildman–Crippen LogP) is 6.37. The second-order valence-electron chi connectivity index (χ2n) is 8.47. The second-order valence-corrected chi connectivity index (χ2v) is 8.47. The van der Waals surface area contributed by atoms with Crippen molar-refractivity contribution in [3.8, 4) is 22.6 Å². The van der Waals surface area contributed by atoms with E-state index in [1.54, 1.807) is 33.9 Å². The van der Waals surface area contributed by atoms with Crippen molar-refractivity contribution in [2.45, 2.75) is 46.6 Å². The maximum atomic E-state index is 14.7. The zero-order valence-corrected chi connectivity index (χ0v) is 20.2. The van der Waals surface area contributed by atoms with Crippen molar-refractivity contribution in [2.24, 2.45) is 0 Å². The summed E-state index contributed by atoms with van der Waals surface area (Å²) in [4.78, 5) is 11.8. The Bertz CT molecular complexity index is 1170. The Balaban J connectivity index is 1.85. The van der Waals surface area contributed by atoms with E-state index >= 15 is 0 Å². The number of esters is 1. The third-order valence-corrected chi connectivity index (χ3v) is 5.56. The molecular formula is C28H30F2O4. The van der Waals surface area contributed by atoms with Crippen LogP contribution in [0.1, 0.15) is 36.1 Å². The molecule has 3 aromatic rings. The molecule has 4 nitrogen and oxygen atoms in total. The zero-order valence-electron chi connectivity index (χ0n) is 20.2. The van der Waals surface area contributed by atoms with Crippen molar-refractivity contribution in [3.05, 3.63) is 82.4 Å². The van der Waals surface area contributed by atoms with Crippen molar-refractivity contribution in [2.75, 3.05) is 13.7 Å². The lowest BCUT2D eigenvalue weighted by molar-refractivity contribution is -0.149. The summed E-state index contributed by atoms with van der Waals surface area (Å²) in [7, 11) is 1.60. The highest BCUT2D eigenvalue weighted by Gasteiger charge is 2.16. The first kappa shape index (κ1) is 25.2. The Morgan fingerprint density at radius 2 is 1.74 bits per heavy atom. The SMILES string of the molecule is COc1c(C)cc(-c2cccc(F)c2)cc1CCc1c(F)ccc(OCC(=O)OC(C)C)c1C. The number of methoxy groups -OCH3 is 1. The van der Waals surface area contributed by atoms with Gasteiger partial charge in [-0.25, -0.2) is 13.6 Å². The molecule has 0 radical (unpaired) electrons. The largest absolute Gasteiger partial charge is 0.496 e. The van der Waals surface area contributed by atoms with Crippen LogP contribution in [0.2, 0.25) is 0 Å². The van der Waals surface area contributed by atoms with Gasteiger partial charge in [-0.05, 0) is 110 Å². The van der Waals surface area contributed by atoms with E-state index in [1.807, 2.05) is 25.1 Å². The third-order valence-electron chi connectivity index (χ3n) is 5.56. The first-order valence-electron chi connectivity index (χ1n) is 11.2. The molecule has 0 aliphatic heterocycles. The molecule has 0 N–H and O–H groups in total. The summed E-state index contributed by atoms with van der Waals surface area (Å²) in [5.74, 6) is 0.0383. The third kappa shape index (κ3) is 6.13. The minimum atomic E-state index is -0.477. The lowest BCUT2D eigenvalue weighted by Gasteiger charge is -2.17. The molecule has 6 heteroatoms. The second kappa shape index (κ2) is 11.1. The highest BCUT2D eigenvalue weighted by Crippen LogP contribution is 2.33. The van der Waals surface area contributed by atoms with Gasteiger partial charge in [0, 0.05) is 0 Å². The van der Waals surface area contributed by atoms with E-state index in [1.165, 1.54) is 24.3 Å². The van der Waals surface area contributed by atoms with Gasteiger partial charge in [-0.3, -0.25) is 0 Å². The van der Waals surface area contributed by atoms with Crippen LogP contribution in [0.15, 0.2) is 48.5 Å². The van der Waals surface area contributed by atoms with E-state index in [4.69, 9.17) is 14.2 Å². The van der Waals surface area contributed by atoms with Crippen LogP contribution in [0.3, 0.4) is 0 Å². The molecule has 3 aromatic carbocycles. The molecule has 0 saturated heterocycles. The Morgan fingerprint density at radius 1 is 0.971 bits per heavy atom. The molecule has 0 fully saturated rings. The van der Waals surface area contributed by atoms with Crippen LogP contribution in [0.5, 0.6) is 11.5 Å². The molecule has 0 atom stereocenters. The van der Waals surface area contributed by atoms with Gasteiger partial charge in [0.05, 0.1) is 13.2 Å². The number of benzene rings is 3. The van der Waals surface area contributed by atoms with Crippen molar-refractivity contribution in [3.63, 3.8) is 0 Å². The number of halogens is 2. The molecule has 0 amide bonds. The Hall–Kier alpha value is -3.41.